The SMILES string of the molecule is N#CC(C#N)=C(/C(N=Nc1ccccc1)=N/Nc1ccccc1)c1ccccc1. The number of allylic oxidation sites excluding steroid dienone is 1. The lowest BCUT2D eigenvalue weighted by Crippen LogP contribution is -2.05. The lowest BCUT2D eigenvalue weighted by Gasteiger charge is -2.08. The van der Waals surface area contributed by atoms with Gasteiger partial charge in [0.1, 0.15) is 17.7 Å². The van der Waals surface area contributed by atoms with E-state index in [1.807, 2.05) is 78.9 Å². The minimum atomic E-state index is -0.100. The summed E-state index contributed by atoms with van der Waals surface area (Å²) in [6.07, 6.45) is 0. The van der Waals surface area contributed by atoms with Crippen LogP contribution >= 0.6 is 0 Å². The minimum Gasteiger partial charge on any atom is -0.276 e. The van der Waals surface area contributed by atoms with E-state index in [0.29, 0.717) is 16.8 Å². The van der Waals surface area contributed by atoms with Crippen LogP contribution < -0.4 is 5.43 Å². The van der Waals surface area contributed by atoms with Crippen LogP contribution in [0.25, 0.3) is 5.57 Å². The molecule has 138 valence electrons. The normalized spacial score (nSPS) is 10.8. The molecule has 6 heteroatoms. The third-order valence-corrected chi connectivity index (χ3v) is 3.84. The molecule has 0 amide bonds. The van der Waals surface area contributed by atoms with Crippen molar-refractivity contribution in [2.45, 2.75) is 0 Å². The van der Waals surface area contributed by atoms with Gasteiger partial charge in [0, 0.05) is 0 Å². The fraction of sp³-hybridized carbons (Fsp3) is 0. The molecule has 0 spiro atoms. The van der Waals surface area contributed by atoms with Crippen LogP contribution in [-0.2, 0) is 0 Å². The summed E-state index contributed by atoms with van der Waals surface area (Å²) in [4.78, 5) is 0. The van der Waals surface area contributed by atoms with Gasteiger partial charge < -0.3 is 0 Å². The third-order valence-electron chi connectivity index (χ3n) is 3.84. The minimum absolute atomic E-state index is 0.100. The zero-order valence-electron chi connectivity index (χ0n) is 15.4. The molecule has 0 radical (unpaired) electrons. The van der Waals surface area contributed by atoms with Gasteiger partial charge in [0.15, 0.2) is 0 Å². The molecule has 0 aliphatic carbocycles. The van der Waals surface area contributed by atoms with Crippen LogP contribution in [0.2, 0.25) is 0 Å². The summed E-state index contributed by atoms with van der Waals surface area (Å²) < 4.78 is 0. The molecule has 0 aliphatic rings. The smallest absolute Gasteiger partial charge is 0.203 e. The molecule has 0 saturated carbocycles. The van der Waals surface area contributed by atoms with Gasteiger partial charge in [-0.15, -0.1) is 10.2 Å². The average molecular weight is 376 g/mol. The Labute approximate surface area is 168 Å². The van der Waals surface area contributed by atoms with Crippen LogP contribution in [0.15, 0.2) is 112 Å². The Balaban J connectivity index is 2.11. The molecular weight excluding hydrogens is 360 g/mol. The molecule has 6 nitrogen and oxygen atoms in total. The maximum Gasteiger partial charge on any atom is 0.203 e. The molecule has 0 aliphatic heterocycles. The van der Waals surface area contributed by atoms with E-state index in [2.05, 4.69) is 20.8 Å². The molecule has 0 aromatic heterocycles. The van der Waals surface area contributed by atoms with Crippen molar-refractivity contribution in [1.82, 2.24) is 0 Å². The summed E-state index contributed by atoms with van der Waals surface area (Å²) in [5, 5.41) is 31.8. The number of nitrogens with one attached hydrogen (secondary N) is 1. The molecule has 0 bridgehead atoms. The Bertz CT molecular complexity index is 1100. The number of hydrazone groups is 1. The Morgan fingerprint density at radius 3 is 1.86 bits per heavy atom. The van der Waals surface area contributed by atoms with Crippen molar-refractivity contribution in [2.24, 2.45) is 15.3 Å². The Morgan fingerprint density at radius 1 is 0.724 bits per heavy atom. The van der Waals surface area contributed by atoms with Gasteiger partial charge >= 0.3 is 0 Å². The zero-order valence-corrected chi connectivity index (χ0v) is 15.4. The number of nitriles is 2. The number of amidine groups is 1. The van der Waals surface area contributed by atoms with E-state index < -0.39 is 0 Å². The van der Waals surface area contributed by atoms with E-state index >= 15 is 0 Å². The van der Waals surface area contributed by atoms with Gasteiger partial charge in [0.2, 0.25) is 5.84 Å². The summed E-state index contributed by atoms with van der Waals surface area (Å²) in [6, 6.07) is 31.4. The van der Waals surface area contributed by atoms with Crippen LogP contribution in [-0.4, -0.2) is 5.84 Å². The fourth-order valence-corrected chi connectivity index (χ4v) is 2.49. The standard InChI is InChI=1S/C23H16N6/c24-16-19(17-25)22(18-10-4-1-5-11-18)23(28-26-20-12-6-2-7-13-20)29-27-21-14-8-3-9-15-21/h1-15,26H/b28-23-,29-27?. The highest BCUT2D eigenvalue weighted by Gasteiger charge is 2.16. The first-order valence-corrected chi connectivity index (χ1v) is 8.77. The van der Waals surface area contributed by atoms with Crippen LogP contribution in [0.1, 0.15) is 5.56 Å². The molecule has 0 heterocycles. The quantitative estimate of drug-likeness (QED) is 0.203. The topological polar surface area (TPSA) is 96.7 Å². The molecule has 0 atom stereocenters. The number of benzene rings is 3. The number of anilines is 1. The monoisotopic (exact) mass is 376 g/mol. The van der Waals surface area contributed by atoms with Crippen molar-refractivity contribution in [3.8, 4) is 12.1 Å². The molecular formula is C23H16N6. The Morgan fingerprint density at radius 2 is 1.28 bits per heavy atom. The number of hydrogen-bond donors (Lipinski definition) is 1. The predicted octanol–water partition coefficient (Wildman–Crippen LogP) is 5.70. The number of nitrogens with zero attached hydrogens (tertiary/aromatic N) is 5. The van der Waals surface area contributed by atoms with Crippen LogP contribution in [0, 0.1) is 22.7 Å². The molecule has 3 aromatic rings. The van der Waals surface area contributed by atoms with E-state index in [9.17, 15) is 10.5 Å². The van der Waals surface area contributed by atoms with E-state index in [-0.39, 0.29) is 11.4 Å². The largest absolute Gasteiger partial charge is 0.276 e. The van der Waals surface area contributed by atoms with Gasteiger partial charge in [0.05, 0.1) is 16.9 Å². The van der Waals surface area contributed by atoms with Crippen molar-refractivity contribution in [3.63, 3.8) is 0 Å². The highest BCUT2D eigenvalue weighted by Crippen LogP contribution is 2.23. The first-order chi connectivity index (χ1) is 14.3. The van der Waals surface area contributed by atoms with Crippen LogP contribution in [0.3, 0.4) is 0 Å². The number of rotatable bonds is 5. The molecule has 3 rings (SSSR count). The predicted molar refractivity (Wildman–Crippen MR) is 113 cm³/mol. The summed E-state index contributed by atoms with van der Waals surface area (Å²) >= 11 is 0. The summed E-state index contributed by atoms with van der Waals surface area (Å²) in [6.45, 7) is 0. The number of hydrogen-bond acceptors (Lipinski definition) is 5. The summed E-state index contributed by atoms with van der Waals surface area (Å²) in [5.41, 5.74) is 5.13. The second-order valence-corrected chi connectivity index (χ2v) is 5.79. The lowest BCUT2D eigenvalue weighted by atomic mass is 10.00. The van der Waals surface area contributed by atoms with Gasteiger partial charge in [-0.2, -0.15) is 15.6 Å². The highest BCUT2D eigenvalue weighted by atomic mass is 15.3. The molecule has 3 aromatic carbocycles. The first-order valence-electron chi connectivity index (χ1n) is 8.77. The van der Waals surface area contributed by atoms with Gasteiger partial charge in [-0.1, -0.05) is 66.7 Å². The van der Waals surface area contributed by atoms with Crippen LogP contribution in [0.4, 0.5) is 11.4 Å². The Kier molecular flexibility index (Phi) is 6.60. The van der Waals surface area contributed by atoms with Crippen molar-refractivity contribution in [3.05, 3.63) is 102 Å². The fourth-order valence-electron chi connectivity index (χ4n) is 2.49. The van der Waals surface area contributed by atoms with Crippen molar-refractivity contribution < 1.29 is 0 Å². The molecule has 29 heavy (non-hydrogen) atoms. The van der Waals surface area contributed by atoms with Gasteiger partial charge in [-0.3, -0.25) is 5.43 Å². The second-order valence-electron chi connectivity index (χ2n) is 5.79. The van der Waals surface area contributed by atoms with Gasteiger partial charge in [0.25, 0.3) is 0 Å². The number of para-hydroxylation sites is 1. The molecule has 0 fully saturated rings. The first kappa shape index (κ1) is 19.2. The lowest BCUT2D eigenvalue weighted by molar-refractivity contribution is 1.23. The average Bonchev–Trinajstić information content (AvgIpc) is 2.80. The van der Waals surface area contributed by atoms with Gasteiger partial charge in [-0.25, -0.2) is 0 Å². The highest BCUT2D eigenvalue weighted by molar-refractivity contribution is 6.25. The summed E-state index contributed by atoms with van der Waals surface area (Å²) in [5.74, 6) is 0.127. The van der Waals surface area contributed by atoms with E-state index in [1.54, 1.807) is 24.3 Å². The van der Waals surface area contributed by atoms with E-state index in [0.717, 1.165) is 5.69 Å². The van der Waals surface area contributed by atoms with Gasteiger partial charge in [-0.05, 0) is 29.8 Å². The van der Waals surface area contributed by atoms with E-state index in [1.165, 1.54) is 0 Å². The van der Waals surface area contributed by atoms with Crippen molar-refractivity contribution in [2.75, 3.05) is 5.43 Å². The molecule has 1 N–H and O–H groups in total. The number of azo groups is 1. The Hall–Kier alpha value is -4.55. The zero-order chi connectivity index (χ0) is 20.3. The van der Waals surface area contributed by atoms with Crippen LogP contribution in [0.5, 0.6) is 0 Å². The van der Waals surface area contributed by atoms with Crippen molar-refractivity contribution in [1.29, 1.82) is 10.5 Å². The van der Waals surface area contributed by atoms with Crippen molar-refractivity contribution >= 4 is 22.8 Å². The molecule has 0 saturated heterocycles. The third kappa shape index (κ3) is 5.22. The maximum absolute atomic E-state index is 9.50. The summed E-state index contributed by atoms with van der Waals surface area (Å²) in [7, 11) is 0. The molecule has 0 unspecified atom stereocenters. The second kappa shape index (κ2) is 9.96. The van der Waals surface area contributed by atoms with E-state index in [4.69, 9.17) is 0 Å². The maximum atomic E-state index is 9.50.